The molecule has 1 rings (SSSR count). The molecule has 0 saturated carbocycles. The third kappa shape index (κ3) is 1.72. The summed E-state index contributed by atoms with van der Waals surface area (Å²) in [4.78, 5) is 5.85. The third-order valence-corrected chi connectivity index (χ3v) is 1.78. The van der Waals surface area contributed by atoms with Gasteiger partial charge in [-0.05, 0) is 0 Å². The first-order chi connectivity index (χ1) is 5.52. The molecule has 0 unspecified atom stereocenters. The molecule has 12 heavy (non-hydrogen) atoms. The van der Waals surface area contributed by atoms with E-state index in [0.717, 1.165) is 5.76 Å². The summed E-state index contributed by atoms with van der Waals surface area (Å²) in [6, 6.07) is 0.559. The Morgan fingerprint density at radius 1 is 1.42 bits per heavy atom. The maximum atomic E-state index is 5.85. The maximum Gasteiger partial charge on any atom is 0.298 e. The molecule has 0 radical (unpaired) electrons. The summed E-state index contributed by atoms with van der Waals surface area (Å²) in [5.41, 5.74) is 0. The van der Waals surface area contributed by atoms with Gasteiger partial charge in [0.15, 0.2) is 5.15 Å². The smallest absolute Gasteiger partial charge is 0.298 e. The number of halogens is 1. The van der Waals surface area contributed by atoms with Crippen LogP contribution in [0.1, 0.15) is 25.5 Å². The van der Waals surface area contributed by atoms with E-state index >= 15 is 0 Å². The van der Waals surface area contributed by atoms with Crippen LogP contribution in [0, 0.1) is 0 Å². The van der Waals surface area contributed by atoms with Crippen molar-refractivity contribution in [2.24, 2.45) is 0 Å². The van der Waals surface area contributed by atoms with Gasteiger partial charge in [-0.2, -0.15) is 4.98 Å². The van der Waals surface area contributed by atoms with Crippen LogP contribution in [0.2, 0.25) is 5.15 Å². The Labute approximate surface area is 77.3 Å². The molecule has 1 aromatic heterocycles. The lowest BCUT2D eigenvalue weighted by Crippen LogP contribution is -2.08. The van der Waals surface area contributed by atoms with E-state index in [-0.39, 0.29) is 5.92 Å². The maximum absolute atomic E-state index is 5.85. The molecule has 0 saturated heterocycles. The summed E-state index contributed by atoms with van der Waals surface area (Å²) in [7, 11) is 3.73. The van der Waals surface area contributed by atoms with Crippen molar-refractivity contribution in [1.82, 2.24) is 4.98 Å². The summed E-state index contributed by atoms with van der Waals surface area (Å²) >= 11 is 5.85. The summed E-state index contributed by atoms with van der Waals surface area (Å²) in [5.74, 6) is 1.03. The molecule has 0 N–H and O–H groups in total. The second-order valence-electron chi connectivity index (χ2n) is 3.20. The van der Waals surface area contributed by atoms with Crippen LogP contribution in [0.25, 0.3) is 0 Å². The van der Waals surface area contributed by atoms with Gasteiger partial charge in [-0.25, -0.2) is 0 Å². The molecule has 0 amide bonds. The standard InChI is InChI=1S/C8H13ClN2O/c1-5(2)6-7(9)10-8(12-6)11(3)4/h5H,1-4H3. The summed E-state index contributed by atoms with van der Waals surface area (Å²) in [6.07, 6.45) is 0. The van der Waals surface area contributed by atoms with Crippen molar-refractivity contribution in [3.63, 3.8) is 0 Å². The highest BCUT2D eigenvalue weighted by molar-refractivity contribution is 6.30. The van der Waals surface area contributed by atoms with Gasteiger partial charge in [0.1, 0.15) is 5.76 Å². The van der Waals surface area contributed by atoms with E-state index < -0.39 is 0 Å². The van der Waals surface area contributed by atoms with E-state index in [0.29, 0.717) is 11.2 Å². The van der Waals surface area contributed by atoms with Crippen molar-refractivity contribution >= 4 is 17.6 Å². The number of oxazole rings is 1. The van der Waals surface area contributed by atoms with E-state index in [2.05, 4.69) is 4.98 Å². The van der Waals surface area contributed by atoms with Crippen molar-refractivity contribution in [2.75, 3.05) is 19.0 Å². The third-order valence-electron chi connectivity index (χ3n) is 1.51. The first-order valence-corrected chi connectivity index (χ1v) is 4.23. The van der Waals surface area contributed by atoms with Crippen LogP contribution in [0.4, 0.5) is 6.01 Å². The molecule has 4 heteroatoms. The van der Waals surface area contributed by atoms with Crippen LogP contribution in [-0.4, -0.2) is 19.1 Å². The second-order valence-corrected chi connectivity index (χ2v) is 3.56. The van der Waals surface area contributed by atoms with E-state index in [9.17, 15) is 0 Å². The largest absolute Gasteiger partial charge is 0.427 e. The molecule has 0 aromatic carbocycles. The number of aromatic nitrogens is 1. The van der Waals surface area contributed by atoms with Crippen molar-refractivity contribution in [1.29, 1.82) is 0 Å². The molecule has 1 aromatic rings. The quantitative estimate of drug-likeness (QED) is 0.714. The Balaban J connectivity index is 3.00. The number of anilines is 1. The minimum atomic E-state index is 0.277. The van der Waals surface area contributed by atoms with Gasteiger partial charge in [-0.3, -0.25) is 0 Å². The Morgan fingerprint density at radius 2 is 2.00 bits per heavy atom. The molecule has 0 aliphatic heterocycles. The highest BCUT2D eigenvalue weighted by Gasteiger charge is 2.14. The fourth-order valence-electron chi connectivity index (χ4n) is 0.850. The minimum Gasteiger partial charge on any atom is -0.427 e. The number of hydrogen-bond acceptors (Lipinski definition) is 3. The van der Waals surface area contributed by atoms with Crippen LogP contribution in [0.3, 0.4) is 0 Å². The monoisotopic (exact) mass is 188 g/mol. The van der Waals surface area contributed by atoms with Crippen LogP contribution in [-0.2, 0) is 0 Å². The van der Waals surface area contributed by atoms with E-state index in [1.807, 2.05) is 27.9 Å². The van der Waals surface area contributed by atoms with Crippen LogP contribution < -0.4 is 4.90 Å². The average Bonchev–Trinajstić information content (AvgIpc) is 2.30. The zero-order valence-electron chi connectivity index (χ0n) is 7.76. The molecule has 0 atom stereocenters. The molecular weight excluding hydrogens is 176 g/mol. The zero-order valence-corrected chi connectivity index (χ0v) is 8.51. The minimum absolute atomic E-state index is 0.277. The number of hydrogen-bond donors (Lipinski definition) is 0. The van der Waals surface area contributed by atoms with Gasteiger partial charge in [-0.1, -0.05) is 25.4 Å². The lowest BCUT2D eigenvalue weighted by molar-refractivity contribution is 0.484. The Bertz CT molecular complexity index is 268. The Kier molecular flexibility index (Phi) is 2.62. The summed E-state index contributed by atoms with van der Waals surface area (Å²) in [6.45, 7) is 4.04. The predicted molar refractivity (Wildman–Crippen MR) is 49.9 cm³/mol. The second kappa shape index (κ2) is 3.35. The fraction of sp³-hybridized carbons (Fsp3) is 0.625. The average molecular weight is 189 g/mol. The van der Waals surface area contributed by atoms with Crippen molar-refractivity contribution < 1.29 is 4.42 Å². The topological polar surface area (TPSA) is 29.3 Å². The van der Waals surface area contributed by atoms with E-state index in [1.54, 1.807) is 4.90 Å². The lowest BCUT2D eigenvalue weighted by atomic mass is 10.2. The van der Waals surface area contributed by atoms with Crippen molar-refractivity contribution in [3.8, 4) is 0 Å². The molecule has 0 bridgehead atoms. The van der Waals surface area contributed by atoms with Gasteiger partial charge < -0.3 is 9.32 Å². The highest BCUT2D eigenvalue weighted by Crippen LogP contribution is 2.27. The van der Waals surface area contributed by atoms with Crippen LogP contribution in [0.15, 0.2) is 4.42 Å². The van der Waals surface area contributed by atoms with Gasteiger partial charge in [0.2, 0.25) is 0 Å². The molecule has 0 aliphatic rings. The van der Waals surface area contributed by atoms with E-state index in [4.69, 9.17) is 16.0 Å². The van der Waals surface area contributed by atoms with Gasteiger partial charge in [-0.15, -0.1) is 0 Å². The van der Waals surface area contributed by atoms with Crippen molar-refractivity contribution in [3.05, 3.63) is 10.9 Å². The molecule has 1 heterocycles. The predicted octanol–water partition coefficient (Wildman–Crippen LogP) is 2.52. The van der Waals surface area contributed by atoms with Gasteiger partial charge in [0.25, 0.3) is 6.01 Å². The number of rotatable bonds is 2. The first kappa shape index (κ1) is 9.39. The number of nitrogens with zero attached hydrogens (tertiary/aromatic N) is 2. The zero-order chi connectivity index (χ0) is 9.30. The van der Waals surface area contributed by atoms with Gasteiger partial charge >= 0.3 is 0 Å². The fourth-order valence-corrected chi connectivity index (χ4v) is 1.18. The molecule has 0 fully saturated rings. The van der Waals surface area contributed by atoms with Gasteiger partial charge in [0, 0.05) is 20.0 Å². The molecule has 68 valence electrons. The highest BCUT2D eigenvalue weighted by atomic mass is 35.5. The summed E-state index contributed by atoms with van der Waals surface area (Å²) < 4.78 is 5.42. The van der Waals surface area contributed by atoms with E-state index in [1.165, 1.54) is 0 Å². The van der Waals surface area contributed by atoms with Crippen LogP contribution in [0.5, 0.6) is 0 Å². The first-order valence-electron chi connectivity index (χ1n) is 3.86. The lowest BCUT2D eigenvalue weighted by Gasteiger charge is -2.04. The SMILES string of the molecule is CC(C)c1oc(N(C)C)nc1Cl. The summed E-state index contributed by atoms with van der Waals surface area (Å²) in [5, 5.41) is 0.466. The van der Waals surface area contributed by atoms with Crippen molar-refractivity contribution in [2.45, 2.75) is 19.8 Å². The molecule has 3 nitrogen and oxygen atoms in total. The molecular formula is C8H13ClN2O. The van der Waals surface area contributed by atoms with Crippen LogP contribution >= 0.6 is 11.6 Å². The van der Waals surface area contributed by atoms with Gasteiger partial charge in [0.05, 0.1) is 0 Å². The normalized spacial score (nSPS) is 10.8. The Hall–Kier alpha value is -0.700. The molecule has 0 spiro atoms. The Morgan fingerprint density at radius 3 is 2.25 bits per heavy atom. The molecule has 0 aliphatic carbocycles.